The van der Waals surface area contributed by atoms with Crippen LogP contribution in [0, 0.1) is 11.2 Å². The minimum Gasteiger partial charge on any atom is -0.353 e. The van der Waals surface area contributed by atoms with Crippen LogP contribution in [-0.4, -0.2) is 35.8 Å². The van der Waals surface area contributed by atoms with E-state index in [0.717, 1.165) is 31.2 Å². The lowest BCUT2D eigenvalue weighted by Crippen LogP contribution is -2.53. The van der Waals surface area contributed by atoms with Gasteiger partial charge in [-0.3, -0.25) is 9.59 Å². The quantitative estimate of drug-likeness (QED) is 0.874. The van der Waals surface area contributed by atoms with Gasteiger partial charge in [-0.2, -0.15) is 0 Å². The number of halogens is 1. The largest absolute Gasteiger partial charge is 0.353 e. The Hall–Kier alpha value is -1.91. The Bertz CT molecular complexity index is 640. The highest BCUT2D eigenvalue weighted by Crippen LogP contribution is 2.31. The molecule has 1 aromatic carbocycles. The number of carbonyl (C=O) groups excluding carboxylic acids is 2. The van der Waals surface area contributed by atoms with Gasteiger partial charge >= 0.3 is 0 Å². The number of hydrogen-bond donors (Lipinski definition) is 1. The number of piperidine rings is 1. The van der Waals surface area contributed by atoms with E-state index in [-0.39, 0.29) is 17.6 Å². The van der Waals surface area contributed by atoms with Crippen molar-refractivity contribution in [2.24, 2.45) is 5.41 Å². The van der Waals surface area contributed by atoms with Crippen LogP contribution in [0.2, 0.25) is 0 Å². The van der Waals surface area contributed by atoms with Gasteiger partial charge in [0.1, 0.15) is 5.82 Å². The predicted molar refractivity (Wildman–Crippen MR) is 99.0 cm³/mol. The van der Waals surface area contributed by atoms with E-state index < -0.39 is 5.41 Å². The number of hydrogen-bond acceptors (Lipinski definition) is 2. The molecule has 5 heteroatoms. The fourth-order valence-corrected chi connectivity index (χ4v) is 4.13. The molecule has 1 saturated heterocycles. The third-order valence-corrected chi connectivity index (χ3v) is 5.83. The van der Waals surface area contributed by atoms with Crippen LogP contribution in [0.5, 0.6) is 0 Å². The fraction of sp³-hybridized carbons (Fsp3) is 0.619. The third kappa shape index (κ3) is 4.63. The first-order valence-corrected chi connectivity index (χ1v) is 9.79. The molecule has 1 N–H and O–H groups in total. The average molecular weight is 360 g/mol. The zero-order valence-corrected chi connectivity index (χ0v) is 15.6. The highest BCUT2D eigenvalue weighted by atomic mass is 19.1. The van der Waals surface area contributed by atoms with E-state index in [4.69, 9.17) is 0 Å². The Morgan fingerprint density at radius 2 is 1.88 bits per heavy atom. The molecule has 2 amide bonds. The molecule has 0 aromatic heterocycles. The second-order valence-electron chi connectivity index (χ2n) is 8.06. The van der Waals surface area contributed by atoms with Crippen molar-refractivity contribution in [2.75, 3.05) is 13.1 Å². The molecule has 1 unspecified atom stereocenters. The molecule has 1 atom stereocenters. The van der Waals surface area contributed by atoms with Crippen molar-refractivity contribution in [3.8, 4) is 0 Å². The molecule has 142 valence electrons. The van der Waals surface area contributed by atoms with Crippen LogP contribution in [-0.2, 0) is 16.0 Å². The zero-order valence-electron chi connectivity index (χ0n) is 15.6. The van der Waals surface area contributed by atoms with Gasteiger partial charge in [-0.15, -0.1) is 0 Å². The van der Waals surface area contributed by atoms with Gasteiger partial charge in [-0.1, -0.05) is 25.0 Å². The summed E-state index contributed by atoms with van der Waals surface area (Å²) in [4.78, 5) is 27.2. The normalized spacial score (nSPS) is 23.8. The van der Waals surface area contributed by atoms with Gasteiger partial charge < -0.3 is 10.2 Å². The van der Waals surface area contributed by atoms with Crippen LogP contribution in [0.3, 0.4) is 0 Å². The minimum atomic E-state index is -0.494. The molecule has 4 nitrogen and oxygen atoms in total. The summed E-state index contributed by atoms with van der Waals surface area (Å²) in [5.74, 6) is -0.0884. The van der Waals surface area contributed by atoms with E-state index >= 15 is 0 Å². The molecule has 1 aliphatic carbocycles. The van der Waals surface area contributed by atoms with Gasteiger partial charge in [0.15, 0.2) is 0 Å². The van der Waals surface area contributed by atoms with Gasteiger partial charge in [0.25, 0.3) is 0 Å². The molecule has 1 aromatic rings. The van der Waals surface area contributed by atoms with Gasteiger partial charge in [-0.05, 0) is 56.7 Å². The van der Waals surface area contributed by atoms with Gasteiger partial charge in [0.2, 0.25) is 11.8 Å². The Balaban J connectivity index is 1.53. The summed E-state index contributed by atoms with van der Waals surface area (Å²) < 4.78 is 13.0. The van der Waals surface area contributed by atoms with Crippen molar-refractivity contribution in [3.05, 3.63) is 35.6 Å². The number of rotatable bonds is 5. The standard InChI is InChI=1S/C21H29FN2O2/c1-21(20(26)23-18-5-2-3-6-18)13-4-14-24(15-21)19(25)12-9-16-7-10-17(22)11-8-16/h7-8,10-11,18H,2-6,9,12-15H2,1H3,(H,23,26). The van der Waals surface area contributed by atoms with Crippen molar-refractivity contribution < 1.29 is 14.0 Å². The van der Waals surface area contributed by atoms with Crippen molar-refractivity contribution in [1.29, 1.82) is 0 Å². The lowest BCUT2D eigenvalue weighted by Gasteiger charge is -2.40. The average Bonchev–Trinajstić information content (AvgIpc) is 3.14. The van der Waals surface area contributed by atoms with E-state index in [0.29, 0.717) is 32.0 Å². The Kier molecular flexibility index (Phi) is 5.94. The second kappa shape index (κ2) is 8.19. The Morgan fingerprint density at radius 1 is 1.19 bits per heavy atom. The lowest BCUT2D eigenvalue weighted by molar-refractivity contribution is -0.141. The summed E-state index contributed by atoms with van der Waals surface area (Å²) in [7, 11) is 0. The number of amides is 2. The maximum Gasteiger partial charge on any atom is 0.227 e. The summed E-state index contributed by atoms with van der Waals surface area (Å²) in [5.41, 5.74) is 0.463. The first-order valence-electron chi connectivity index (χ1n) is 9.79. The molecule has 1 saturated carbocycles. The molecule has 0 radical (unpaired) electrons. The second-order valence-corrected chi connectivity index (χ2v) is 8.06. The molecule has 0 spiro atoms. The van der Waals surface area contributed by atoms with Crippen LogP contribution in [0.1, 0.15) is 57.4 Å². The van der Waals surface area contributed by atoms with E-state index in [2.05, 4.69) is 5.32 Å². The molecular formula is C21H29FN2O2. The van der Waals surface area contributed by atoms with Crippen LogP contribution >= 0.6 is 0 Å². The topological polar surface area (TPSA) is 49.4 Å². The van der Waals surface area contributed by atoms with Crippen LogP contribution in [0.15, 0.2) is 24.3 Å². The third-order valence-electron chi connectivity index (χ3n) is 5.83. The Labute approximate surface area is 155 Å². The molecule has 1 aliphatic heterocycles. The number of likely N-dealkylation sites (tertiary alicyclic amines) is 1. The highest BCUT2D eigenvalue weighted by molar-refractivity contribution is 5.84. The summed E-state index contributed by atoms with van der Waals surface area (Å²) in [6.07, 6.45) is 7.20. The van der Waals surface area contributed by atoms with Crippen LogP contribution < -0.4 is 5.32 Å². The lowest BCUT2D eigenvalue weighted by atomic mass is 9.80. The summed E-state index contributed by atoms with van der Waals surface area (Å²) in [5, 5.41) is 3.20. The smallest absolute Gasteiger partial charge is 0.227 e. The van der Waals surface area contributed by atoms with Crippen LogP contribution in [0.4, 0.5) is 4.39 Å². The molecule has 2 fully saturated rings. The van der Waals surface area contributed by atoms with Crippen LogP contribution in [0.25, 0.3) is 0 Å². The SMILES string of the molecule is CC1(C(=O)NC2CCCC2)CCCN(C(=O)CCc2ccc(F)cc2)C1. The number of benzene rings is 1. The van der Waals surface area contributed by atoms with Crippen molar-refractivity contribution in [1.82, 2.24) is 10.2 Å². The first kappa shape index (κ1) is 18.9. The van der Waals surface area contributed by atoms with Gasteiger partial charge in [0.05, 0.1) is 5.41 Å². The van der Waals surface area contributed by atoms with Gasteiger partial charge in [-0.25, -0.2) is 4.39 Å². The predicted octanol–water partition coefficient (Wildman–Crippen LogP) is 3.45. The minimum absolute atomic E-state index is 0.0777. The zero-order chi connectivity index (χ0) is 18.6. The summed E-state index contributed by atoms with van der Waals surface area (Å²) in [6, 6.07) is 6.59. The first-order chi connectivity index (χ1) is 12.5. The van der Waals surface area contributed by atoms with Crippen molar-refractivity contribution in [3.63, 3.8) is 0 Å². The van der Waals surface area contributed by atoms with E-state index in [9.17, 15) is 14.0 Å². The summed E-state index contributed by atoms with van der Waals surface area (Å²) >= 11 is 0. The molecule has 0 bridgehead atoms. The maximum atomic E-state index is 13.0. The monoisotopic (exact) mass is 360 g/mol. The number of nitrogens with one attached hydrogen (secondary N) is 1. The Morgan fingerprint density at radius 3 is 2.58 bits per heavy atom. The number of aryl methyl sites for hydroxylation is 1. The van der Waals surface area contributed by atoms with Crippen molar-refractivity contribution >= 4 is 11.8 Å². The van der Waals surface area contributed by atoms with E-state index in [1.165, 1.54) is 25.0 Å². The molecule has 3 rings (SSSR count). The summed E-state index contributed by atoms with van der Waals surface area (Å²) in [6.45, 7) is 3.19. The molecule has 2 aliphatic rings. The van der Waals surface area contributed by atoms with Crippen molar-refractivity contribution in [2.45, 2.75) is 64.3 Å². The maximum absolute atomic E-state index is 13.0. The molecule has 26 heavy (non-hydrogen) atoms. The molecule has 1 heterocycles. The van der Waals surface area contributed by atoms with Gasteiger partial charge in [0, 0.05) is 25.6 Å². The highest BCUT2D eigenvalue weighted by Gasteiger charge is 2.40. The number of nitrogens with zero attached hydrogens (tertiary/aromatic N) is 1. The molecular weight excluding hydrogens is 331 g/mol. The van der Waals surface area contributed by atoms with E-state index in [1.807, 2.05) is 11.8 Å². The number of carbonyl (C=O) groups is 2. The fourth-order valence-electron chi connectivity index (χ4n) is 4.13. The van der Waals surface area contributed by atoms with E-state index in [1.54, 1.807) is 12.1 Å².